The van der Waals surface area contributed by atoms with Crippen LogP contribution in [0.1, 0.15) is 12.5 Å². The topological polar surface area (TPSA) is 71.1 Å². The van der Waals surface area contributed by atoms with Crippen molar-refractivity contribution >= 4 is 11.8 Å². The lowest BCUT2D eigenvalue weighted by molar-refractivity contribution is -0.139. The second-order valence-corrected chi connectivity index (χ2v) is 6.62. The summed E-state index contributed by atoms with van der Waals surface area (Å²) in [5.74, 6) is 0.457. The maximum atomic E-state index is 13.0. The summed E-state index contributed by atoms with van der Waals surface area (Å²) in [7, 11) is 5.00. The number of rotatable bonds is 6. The van der Waals surface area contributed by atoms with Gasteiger partial charge in [0.15, 0.2) is 0 Å². The van der Waals surface area contributed by atoms with Gasteiger partial charge in [0.25, 0.3) is 0 Å². The van der Waals surface area contributed by atoms with Crippen molar-refractivity contribution in [1.29, 1.82) is 0 Å². The predicted octanol–water partition coefficient (Wildman–Crippen LogP) is 1.00. The van der Waals surface area contributed by atoms with Gasteiger partial charge < -0.3 is 19.7 Å². The van der Waals surface area contributed by atoms with Gasteiger partial charge in [-0.15, -0.1) is 0 Å². The van der Waals surface area contributed by atoms with Crippen LogP contribution in [0.15, 0.2) is 36.6 Å². The highest BCUT2D eigenvalue weighted by molar-refractivity contribution is 5.87. The zero-order valence-electron chi connectivity index (χ0n) is 15.8. The number of ether oxygens (including phenoxy) is 2. The molecule has 2 rings (SSSR count). The average molecular weight is 361 g/mol. The van der Waals surface area contributed by atoms with Crippen LogP contribution in [0.25, 0.3) is 0 Å². The molecule has 1 aromatic rings. The number of carbonyl (C=O) groups excluding carboxylic acids is 2. The fourth-order valence-corrected chi connectivity index (χ4v) is 2.71. The minimum Gasteiger partial charge on any atom is -0.499 e. The third-order valence-corrected chi connectivity index (χ3v) is 4.53. The third-order valence-electron chi connectivity index (χ3n) is 4.53. The molecule has 26 heavy (non-hydrogen) atoms. The van der Waals surface area contributed by atoms with Gasteiger partial charge in [0, 0.05) is 32.7 Å². The van der Waals surface area contributed by atoms with E-state index < -0.39 is 5.54 Å². The standard InChI is InChI=1S/C19H27N3O4/c1-19(14-26-11-7-10-22(19)13-17(23)21(2)3)18(24)20-12-15-8-5-6-9-16(15)25-4/h5-9,11H,10,12-14H2,1-4H3,(H,20,24). The van der Waals surface area contributed by atoms with Gasteiger partial charge >= 0.3 is 0 Å². The molecule has 142 valence electrons. The summed E-state index contributed by atoms with van der Waals surface area (Å²) in [5, 5.41) is 2.95. The molecule has 7 heteroatoms. The van der Waals surface area contributed by atoms with Crippen LogP contribution >= 0.6 is 0 Å². The van der Waals surface area contributed by atoms with E-state index in [0.717, 1.165) is 11.3 Å². The molecule has 0 spiro atoms. The minimum absolute atomic E-state index is 0.0657. The van der Waals surface area contributed by atoms with Crippen LogP contribution in [-0.4, -0.2) is 68.1 Å². The molecule has 0 aromatic heterocycles. The first-order valence-corrected chi connectivity index (χ1v) is 8.50. The molecule has 0 radical (unpaired) electrons. The molecule has 1 N–H and O–H groups in total. The van der Waals surface area contributed by atoms with E-state index in [0.29, 0.717) is 13.1 Å². The van der Waals surface area contributed by atoms with Gasteiger partial charge in [-0.3, -0.25) is 14.5 Å². The van der Waals surface area contributed by atoms with Crippen molar-refractivity contribution in [1.82, 2.24) is 15.1 Å². The van der Waals surface area contributed by atoms with E-state index in [1.165, 1.54) is 4.90 Å². The van der Waals surface area contributed by atoms with E-state index in [-0.39, 0.29) is 25.0 Å². The molecule has 1 aliphatic rings. The lowest BCUT2D eigenvalue weighted by atomic mass is 9.99. The number of carbonyl (C=O) groups is 2. The lowest BCUT2D eigenvalue weighted by Crippen LogP contribution is -2.60. The van der Waals surface area contributed by atoms with Crippen LogP contribution in [0.2, 0.25) is 0 Å². The molecule has 2 amide bonds. The summed E-state index contributed by atoms with van der Waals surface area (Å²) in [6, 6.07) is 7.53. The van der Waals surface area contributed by atoms with E-state index in [4.69, 9.17) is 9.47 Å². The van der Waals surface area contributed by atoms with E-state index in [1.54, 1.807) is 34.4 Å². The largest absolute Gasteiger partial charge is 0.499 e. The average Bonchev–Trinajstić information content (AvgIpc) is 2.82. The number of nitrogens with one attached hydrogen (secondary N) is 1. The van der Waals surface area contributed by atoms with Crippen molar-refractivity contribution in [3.05, 3.63) is 42.2 Å². The summed E-state index contributed by atoms with van der Waals surface area (Å²) in [6.07, 6.45) is 3.38. The molecule has 1 aromatic carbocycles. The predicted molar refractivity (Wildman–Crippen MR) is 98.6 cm³/mol. The Hall–Kier alpha value is -2.54. The van der Waals surface area contributed by atoms with Gasteiger partial charge in [0.1, 0.15) is 17.9 Å². The Balaban J connectivity index is 2.12. The Kier molecular flexibility index (Phi) is 6.63. The van der Waals surface area contributed by atoms with Gasteiger partial charge in [-0.25, -0.2) is 0 Å². The van der Waals surface area contributed by atoms with Crippen LogP contribution in [-0.2, 0) is 20.9 Å². The minimum atomic E-state index is -0.961. The molecule has 7 nitrogen and oxygen atoms in total. The SMILES string of the molecule is COc1ccccc1CNC(=O)C1(C)COC=CCN1CC(=O)N(C)C. The number of nitrogens with zero attached hydrogens (tertiary/aromatic N) is 2. The number of hydrogen-bond acceptors (Lipinski definition) is 5. The van der Waals surface area contributed by atoms with Crippen LogP contribution in [0.4, 0.5) is 0 Å². The van der Waals surface area contributed by atoms with Crippen molar-refractivity contribution in [2.24, 2.45) is 0 Å². The van der Waals surface area contributed by atoms with Crippen LogP contribution < -0.4 is 10.1 Å². The molecule has 0 fully saturated rings. The fraction of sp³-hybridized carbons (Fsp3) is 0.474. The first kappa shape index (κ1) is 19.8. The second kappa shape index (κ2) is 8.71. The Morgan fingerprint density at radius 2 is 2.08 bits per heavy atom. The number of para-hydroxylation sites is 1. The van der Waals surface area contributed by atoms with Crippen LogP contribution in [0.5, 0.6) is 5.75 Å². The molecule has 0 bridgehead atoms. The highest BCUT2D eigenvalue weighted by atomic mass is 16.5. The van der Waals surface area contributed by atoms with Gasteiger partial charge in [-0.1, -0.05) is 18.2 Å². The van der Waals surface area contributed by atoms with Crippen molar-refractivity contribution in [2.45, 2.75) is 19.0 Å². The van der Waals surface area contributed by atoms with Crippen LogP contribution in [0, 0.1) is 0 Å². The zero-order chi connectivity index (χ0) is 19.2. The van der Waals surface area contributed by atoms with Gasteiger partial charge in [0.2, 0.25) is 11.8 Å². The van der Waals surface area contributed by atoms with Crippen LogP contribution in [0.3, 0.4) is 0 Å². The van der Waals surface area contributed by atoms with E-state index in [1.807, 2.05) is 35.2 Å². The maximum Gasteiger partial charge on any atom is 0.244 e. The molecule has 1 aliphatic heterocycles. The smallest absolute Gasteiger partial charge is 0.244 e. The van der Waals surface area contributed by atoms with Crippen molar-refractivity contribution in [3.63, 3.8) is 0 Å². The van der Waals surface area contributed by atoms with E-state index >= 15 is 0 Å². The highest BCUT2D eigenvalue weighted by Gasteiger charge is 2.41. The summed E-state index contributed by atoms with van der Waals surface area (Å²) in [4.78, 5) is 28.5. The molecule has 1 unspecified atom stereocenters. The number of likely N-dealkylation sites (N-methyl/N-ethyl adjacent to an activating group) is 1. The first-order valence-electron chi connectivity index (χ1n) is 8.50. The summed E-state index contributed by atoms with van der Waals surface area (Å²) >= 11 is 0. The molecule has 0 saturated carbocycles. The quantitative estimate of drug-likeness (QED) is 0.819. The van der Waals surface area contributed by atoms with Crippen molar-refractivity contribution in [2.75, 3.05) is 40.9 Å². The molecule has 0 aliphatic carbocycles. The lowest BCUT2D eigenvalue weighted by Gasteiger charge is -2.37. The summed E-state index contributed by atoms with van der Waals surface area (Å²) in [5.41, 5.74) is -0.0764. The normalized spacial score (nSPS) is 20.0. The summed E-state index contributed by atoms with van der Waals surface area (Å²) in [6.45, 7) is 2.89. The second-order valence-electron chi connectivity index (χ2n) is 6.62. The molecular weight excluding hydrogens is 334 g/mol. The maximum absolute atomic E-state index is 13.0. The Bertz CT molecular complexity index is 675. The van der Waals surface area contributed by atoms with Gasteiger partial charge in [0.05, 0.1) is 19.9 Å². The first-order chi connectivity index (χ1) is 12.4. The molecule has 1 heterocycles. The van der Waals surface area contributed by atoms with Crippen molar-refractivity contribution < 1.29 is 19.1 Å². The number of hydrogen-bond donors (Lipinski definition) is 1. The zero-order valence-corrected chi connectivity index (χ0v) is 15.8. The summed E-state index contributed by atoms with van der Waals surface area (Å²) < 4.78 is 10.8. The molecule has 1 atom stereocenters. The van der Waals surface area contributed by atoms with Gasteiger partial charge in [-0.05, 0) is 19.1 Å². The molecular formula is C19H27N3O4. The van der Waals surface area contributed by atoms with Crippen molar-refractivity contribution in [3.8, 4) is 5.75 Å². The number of methoxy groups -OCH3 is 1. The molecule has 0 saturated heterocycles. The monoisotopic (exact) mass is 361 g/mol. The highest BCUT2D eigenvalue weighted by Crippen LogP contribution is 2.21. The van der Waals surface area contributed by atoms with Gasteiger partial charge in [-0.2, -0.15) is 0 Å². The fourth-order valence-electron chi connectivity index (χ4n) is 2.71. The Morgan fingerprint density at radius 3 is 2.77 bits per heavy atom. The number of benzene rings is 1. The van der Waals surface area contributed by atoms with E-state index in [2.05, 4.69) is 5.32 Å². The third kappa shape index (κ3) is 4.54. The van der Waals surface area contributed by atoms with E-state index in [9.17, 15) is 9.59 Å². The Labute approximate surface area is 154 Å². The Morgan fingerprint density at radius 1 is 1.35 bits per heavy atom. The number of amides is 2.